The van der Waals surface area contributed by atoms with Gasteiger partial charge in [-0.25, -0.2) is 0 Å². The van der Waals surface area contributed by atoms with Crippen molar-refractivity contribution in [2.75, 3.05) is 25.5 Å². The van der Waals surface area contributed by atoms with Crippen LogP contribution < -0.4 is 5.32 Å². The molecule has 0 unspecified atom stereocenters. The molecule has 1 aliphatic heterocycles. The van der Waals surface area contributed by atoms with E-state index in [1.807, 2.05) is 0 Å². The highest BCUT2D eigenvalue weighted by Crippen LogP contribution is 2.27. The van der Waals surface area contributed by atoms with Crippen molar-refractivity contribution in [3.8, 4) is 0 Å². The fourth-order valence-electron chi connectivity index (χ4n) is 3.93. The average molecular weight is 332 g/mol. The Bertz CT molecular complexity index is 514. The summed E-state index contributed by atoms with van der Waals surface area (Å²) in [5, 5.41) is 4.25. The van der Waals surface area contributed by atoms with Crippen LogP contribution in [-0.4, -0.2) is 47.1 Å². The lowest BCUT2D eigenvalue weighted by molar-refractivity contribution is 0.122. The van der Waals surface area contributed by atoms with Gasteiger partial charge in [-0.3, -0.25) is 0 Å². The number of piperidine rings is 1. The molecule has 0 spiro atoms. The quantitative estimate of drug-likeness (QED) is 0.843. The van der Waals surface area contributed by atoms with Gasteiger partial charge < -0.3 is 15.1 Å². The number of rotatable bonds is 3. The predicted octanol–water partition coefficient (Wildman–Crippen LogP) is 4.03. The normalized spacial score (nSPS) is 20.2. The third kappa shape index (κ3) is 4.24. The fourth-order valence-corrected chi connectivity index (χ4v) is 4.23. The lowest BCUT2D eigenvalue weighted by atomic mass is 10.0. The van der Waals surface area contributed by atoms with E-state index >= 15 is 0 Å². The van der Waals surface area contributed by atoms with Gasteiger partial charge in [-0.1, -0.05) is 30.5 Å². The summed E-state index contributed by atoms with van der Waals surface area (Å²) in [6, 6.07) is 9.99. The molecule has 2 aliphatic rings. The minimum atomic E-state index is 0.733. The van der Waals surface area contributed by atoms with Gasteiger partial charge in [0.05, 0.1) is 0 Å². The third-order valence-electron chi connectivity index (χ3n) is 5.53. The van der Waals surface area contributed by atoms with E-state index in [0.717, 1.165) is 36.0 Å². The number of hydrogen-bond donors (Lipinski definition) is 1. The lowest BCUT2D eigenvalue weighted by Crippen LogP contribution is -2.48. The van der Waals surface area contributed by atoms with E-state index in [1.165, 1.54) is 44.1 Å². The Hall–Kier alpha value is -1.13. The van der Waals surface area contributed by atoms with E-state index in [1.54, 1.807) is 0 Å². The Labute approximate surface area is 146 Å². The summed E-state index contributed by atoms with van der Waals surface area (Å²) in [6.07, 6.45) is 8.07. The molecule has 1 saturated heterocycles. The molecule has 1 aromatic rings. The molecule has 1 N–H and O–H groups in total. The van der Waals surface area contributed by atoms with Gasteiger partial charge in [0.2, 0.25) is 0 Å². The first-order chi connectivity index (χ1) is 11.1. The highest BCUT2D eigenvalue weighted by Gasteiger charge is 2.29. The maximum atomic E-state index is 5.60. The van der Waals surface area contributed by atoms with Gasteiger partial charge in [0.25, 0.3) is 0 Å². The summed E-state index contributed by atoms with van der Waals surface area (Å²) in [5.74, 6) is 0. The SMILES string of the molecule is Cc1ccc(NC(=S)N2CCC(N(C)C3CCCC3)CC2)cc1. The summed E-state index contributed by atoms with van der Waals surface area (Å²) in [6.45, 7) is 4.24. The van der Waals surface area contributed by atoms with Crippen molar-refractivity contribution in [3.05, 3.63) is 29.8 Å². The van der Waals surface area contributed by atoms with Gasteiger partial charge in [0.15, 0.2) is 5.11 Å². The molecule has 1 saturated carbocycles. The summed E-state index contributed by atoms with van der Waals surface area (Å²) in [7, 11) is 2.33. The summed E-state index contributed by atoms with van der Waals surface area (Å²) < 4.78 is 0. The molecule has 4 heteroatoms. The van der Waals surface area contributed by atoms with E-state index < -0.39 is 0 Å². The van der Waals surface area contributed by atoms with Crippen LogP contribution in [0.2, 0.25) is 0 Å². The maximum Gasteiger partial charge on any atom is 0.173 e. The van der Waals surface area contributed by atoms with Crippen LogP contribution in [0, 0.1) is 6.92 Å². The highest BCUT2D eigenvalue weighted by molar-refractivity contribution is 7.80. The number of thiocarbonyl (C=S) groups is 1. The van der Waals surface area contributed by atoms with E-state index in [4.69, 9.17) is 12.2 Å². The van der Waals surface area contributed by atoms with Gasteiger partial charge in [-0.05, 0) is 64.0 Å². The van der Waals surface area contributed by atoms with Crippen LogP contribution in [0.4, 0.5) is 5.69 Å². The van der Waals surface area contributed by atoms with Gasteiger partial charge in [0, 0.05) is 30.9 Å². The number of nitrogens with zero attached hydrogens (tertiary/aromatic N) is 2. The van der Waals surface area contributed by atoms with Gasteiger partial charge in [-0.15, -0.1) is 0 Å². The second-order valence-corrected chi connectivity index (χ2v) is 7.50. The molecule has 126 valence electrons. The van der Waals surface area contributed by atoms with Crippen molar-refractivity contribution in [2.24, 2.45) is 0 Å². The lowest BCUT2D eigenvalue weighted by Gasteiger charge is -2.40. The molecule has 2 fully saturated rings. The molecule has 1 heterocycles. The zero-order chi connectivity index (χ0) is 16.2. The molecule has 3 rings (SSSR count). The maximum absolute atomic E-state index is 5.60. The first-order valence-electron chi connectivity index (χ1n) is 8.98. The Morgan fingerprint density at radius 3 is 2.22 bits per heavy atom. The van der Waals surface area contributed by atoms with Crippen LogP contribution >= 0.6 is 12.2 Å². The molecule has 1 aliphatic carbocycles. The third-order valence-corrected chi connectivity index (χ3v) is 5.89. The zero-order valence-corrected chi connectivity index (χ0v) is 15.2. The summed E-state index contributed by atoms with van der Waals surface area (Å²) in [4.78, 5) is 4.98. The van der Waals surface area contributed by atoms with Crippen molar-refractivity contribution in [3.63, 3.8) is 0 Å². The van der Waals surface area contributed by atoms with E-state index in [0.29, 0.717) is 0 Å². The van der Waals surface area contributed by atoms with E-state index in [9.17, 15) is 0 Å². The predicted molar refractivity (Wildman–Crippen MR) is 102 cm³/mol. The van der Waals surface area contributed by atoms with Crippen molar-refractivity contribution in [1.29, 1.82) is 0 Å². The molecule has 0 amide bonds. The second kappa shape index (κ2) is 7.63. The van der Waals surface area contributed by atoms with Crippen molar-refractivity contribution < 1.29 is 0 Å². The number of likely N-dealkylation sites (tertiary alicyclic amines) is 1. The minimum Gasteiger partial charge on any atom is -0.349 e. The molecule has 23 heavy (non-hydrogen) atoms. The molecule has 0 bridgehead atoms. The number of anilines is 1. The Morgan fingerprint density at radius 1 is 1.04 bits per heavy atom. The first kappa shape index (κ1) is 16.7. The topological polar surface area (TPSA) is 18.5 Å². The number of nitrogens with one attached hydrogen (secondary N) is 1. The number of benzene rings is 1. The van der Waals surface area contributed by atoms with Crippen LogP contribution in [0.3, 0.4) is 0 Å². The fraction of sp³-hybridized carbons (Fsp3) is 0.632. The van der Waals surface area contributed by atoms with E-state index in [-0.39, 0.29) is 0 Å². The molecule has 1 aromatic carbocycles. The van der Waals surface area contributed by atoms with Crippen LogP contribution in [0.15, 0.2) is 24.3 Å². The Balaban J connectivity index is 1.48. The second-order valence-electron chi connectivity index (χ2n) is 7.12. The monoisotopic (exact) mass is 331 g/mol. The minimum absolute atomic E-state index is 0.733. The molecule has 0 radical (unpaired) electrons. The number of hydrogen-bond acceptors (Lipinski definition) is 2. The van der Waals surface area contributed by atoms with Crippen molar-refractivity contribution >= 4 is 23.0 Å². The summed E-state index contributed by atoms with van der Waals surface area (Å²) in [5.41, 5.74) is 2.36. The van der Waals surface area contributed by atoms with Crippen LogP contribution in [0.5, 0.6) is 0 Å². The van der Waals surface area contributed by atoms with Gasteiger partial charge in [0.1, 0.15) is 0 Å². The largest absolute Gasteiger partial charge is 0.349 e. The van der Waals surface area contributed by atoms with Crippen LogP contribution in [0.1, 0.15) is 44.1 Å². The highest BCUT2D eigenvalue weighted by atomic mass is 32.1. The summed E-state index contributed by atoms with van der Waals surface area (Å²) >= 11 is 5.60. The van der Waals surface area contributed by atoms with E-state index in [2.05, 4.69) is 53.4 Å². The smallest absolute Gasteiger partial charge is 0.173 e. The molecule has 0 atom stereocenters. The van der Waals surface area contributed by atoms with Crippen molar-refractivity contribution in [1.82, 2.24) is 9.80 Å². The average Bonchev–Trinajstić information content (AvgIpc) is 3.11. The molecular weight excluding hydrogens is 302 g/mol. The zero-order valence-electron chi connectivity index (χ0n) is 14.4. The Kier molecular flexibility index (Phi) is 5.54. The molecular formula is C19H29N3S. The standard InChI is InChI=1S/C19H29N3S/c1-15-7-9-16(10-8-15)20-19(23)22-13-11-18(12-14-22)21(2)17-5-3-4-6-17/h7-10,17-18H,3-6,11-14H2,1-2H3,(H,20,23). The molecule has 0 aromatic heterocycles. The van der Waals surface area contributed by atoms with Crippen LogP contribution in [-0.2, 0) is 0 Å². The van der Waals surface area contributed by atoms with Gasteiger partial charge >= 0.3 is 0 Å². The molecule has 3 nitrogen and oxygen atoms in total. The van der Waals surface area contributed by atoms with Crippen molar-refractivity contribution in [2.45, 2.75) is 57.5 Å². The Morgan fingerprint density at radius 2 is 1.61 bits per heavy atom. The number of aryl methyl sites for hydroxylation is 1. The first-order valence-corrected chi connectivity index (χ1v) is 9.39. The van der Waals surface area contributed by atoms with Crippen LogP contribution in [0.25, 0.3) is 0 Å². The van der Waals surface area contributed by atoms with Gasteiger partial charge in [-0.2, -0.15) is 0 Å².